The second kappa shape index (κ2) is 11.5. The van der Waals surface area contributed by atoms with Crippen LogP contribution in [-0.4, -0.2) is 34.4 Å². The minimum Gasteiger partial charge on any atom is -0.480 e. The molecule has 5 rings (SSSR count). The van der Waals surface area contributed by atoms with Crippen LogP contribution in [0.3, 0.4) is 0 Å². The minimum absolute atomic E-state index is 0.238. The first-order valence-corrected chi connectivity index (χ1v) is 14.3. The Balaban J connectivity index is 1.45. The molecule has 2 amide bonds. The molecule has 0 radical (unpaired) electrons. The highest BCUT2D eigenvalue weighted by molar-refractivity contribution is 7.98. The summed E-state index contributed by atoms with van der Waals surface area (Å²) in [6, 6.07) is 29.4. The molecule has 0 aliphatic carbocycles. The molecule has 3 N–H and O–H groups in total. The number of rotatable bonds is 8. The number of fused-ring (bicyclic) bond motifs is 3. The number of benzene rings is 4. The number of hydrogen-bond donors (Lipinski definition) is 3. The minimum atomic E-state index is -1.06. The molecule has 0 unspecified atom stereocenters. The highest BCUT2D eigenvalue weighted by atomic mass is 32.2. The smallest absolute Gasteiger partial charge is 0.327 e. The van der Waals surface area contributed by atoms with Gasteiger partial charge in [0.25, 0.3) is 0 Å². The van der Waals surface area contributed by atoms with Gasteiger partial charge in [-0.3, -0.25) is 0 Å². The average Bonchev–Trinajstić information content (AvgIpc) is 3.31. The molecule has 7 heteroatoms. The van der Waals surface area contributed by atoms with Crippen LogP contribution in [0.5, 0.6) is 0 Å². The van der Waals surface area contributed by atoms with E-state index in [0.717, 1.165) is 49.8 Å². The fourth-order valence-electron chi connectivity index (χ4n) is 4.74. The molecule has 0 aliphatic rings. The van der Waals surface area contributed by atoms with Gasteiger partial charge < -0.3 is 20.2 Å². The number of para-hydroxylation sites is 2. The molecule has 0 saturated heterocycles. The van der Waals surface area contributed by atoms with Crippen LogP contribution < -0.4 is 10.6 Å². The Bertz CT molecular complexity index is 1670. The number of thioether (sulfide) groups is 1. The number of hydrogen-bond acceptors (Lipinski definition) is 4. The third-order valence-electron chi connectivity index (χ3n) is 6.51. The van der Waals surface area contributed by atoms with Crippen molar-refractivity contribution in [1.82, 2.24) is 10.6 Å². The predicted molar refractivity (Wildman–Crippen MR) is 164 cm³/mol. The SMILES string of the molecule is CC(C)(C)NC(=O)N[C@@H](CSCc1ccc(-c2ccccc2)c(-c2cccc3c2oc2ccccc23)c1)C(=O)O. The Morgan fingerprint density at radius 1 is 0.850 bits per heavy atom. The lowest BCUT2D eigenvalue weighted by atomic mass is 9.92. The zero-order valence-electron chi connectivity index (χ0n) is 22.7. The number of aliphatic carboxylic acids is 1. The summed E-state index contributed by atoms with van der Waals surface area (Å²) in [4.78, 5) is 24.1. The summed E-state index contributed by atoms with van der Waals surface area (Å²) in [5.41, 5.74) is 6.52. The molecule has 5 aromatic rings. The van der Waals surface area contributed by atoms with Gasteiger partial charge in [0.2, 0.25) is 0 Å². The molecule has 0 fully saturated rings. The summed E-state index contributed by atoms with van der Waals surface area (Å²) in [6.45, 7) is 5.54. The quantitative estimate of drug-likeness (QED) is 0.183. The maximum Gasteiger partial charge on any atom is 0.327 e. The molecule has 0 saturated carbocycles. The van der Waals surface area contributed by atoms with Crippen LogP contribution >= 0.6 is 11.8 Å². The Morgan fingerprint density at radius 3 is 2.33 bits per heavy atom. The Hall–Kier alpha value is -4.23. The van der Waals surface area contributed by atoms with Crippen molar-refractivity contribution in [2.45, 2.75) is 38.1 Å². The second-order valence-electron chi connectivity index (χ2n) is 10.8. The van der Waals surface area contributed by atoms with Crippen LogP contribution in [0.1, 0.15) is 26.3 Å². The summed E-state index contributed by atoms with van der Waals surface area (Å²) in [5, 5.41) is 17.1. The van der Waals surface area contributed by atoms with Crippen LogP contribution in [0.25, 0.3) is 44.2 Å². The fraction of sp³-hybridized carbons (Fsp3) is 0.212. The van der Waals surface area contributed by atoms with E-state index in [1.54, 1.807) is 0 Å². The van der Waals surface area contributed by atoms with Gasteiger partial charge in [0, 0.05) is 33.4 Å². The Morgan fingerprint density at radius 2 is 1.57 bits per heavy atom. The molecule has 1 heterocycles. The summed E-state index contributed by atoms with van der Waals surface area (Å²) < 4.78 is 6.36. The lowest BCUT2D eigenvalue weighted by Gasteiger charge is -2.23. The fourth-order valence-corrected chi connectivity index (χ4v) is 5.73. The second-order valence-corrected chi connectivity index (χ2v) is 11.8. The first-order valence-electron chi connectivity index (χ1n) is 13.2. The number of urea groups is 1. The van der Waals surface area contributed by atoms with Crippen molar-refractivity contribution in [2.75, 3.05) is 5.75 Å². The maximum absolute atomic E-state index is 12.2. The first kappa shape index (κ1) is 27.3. The van der Waals surface area contributed by atoms with Gasteiger partial charge in [-0.25, -0.2) is 9.59 Å². The number of carbonyl (C=O) groups excluding carboxylic acids is 1. The molecule has 1 atom stereocenters. The van der Waals surface area contributed by atoms with Crippen molar-refractivity contribution in [3.63, 3.8) is 0 Å². The predicted octanol–water partition coefficient (Wildman–Crippen LogP) is 7.70. The van der Waals surface area contributed by atoms with Gasteiger partial charge in [0.15, 0.2) is 0 Å². The van der Waals surface area contributed by atoms with Crippen LogP contribution in [0.4, 0.5) is 4.79 Å². The molecule has 204 valence electrons. The molecule has 40 heavy (non-hydrogen) atoms. The molecule has 0 spiro atoms. The summed E-state index contributed by atoms with van der Waals surface area (Å²) in [7, 11) is 0. The summed E-state index contributed by atoms with van der Waals surface area (Å²) >= 11 is 1.47. The van der Waals surface area contributed by atoms with Gasteiger partial charge in [-0.2, -0.15) is 11.8 Å². The van der Waals surface area contributed by atoms with Crippen molar-refractivity contribution in [1.29, 1.82) is 0 Å². The average molecular weight is 553 g/mol. The van der Waals surface area contributed by atoms with E-state index in [1.165, 1.54) is 11.8 Å². The lowest BCUT2D eigenvalue weighted by molar-refractivity contribution is -0.138. The van der Waals surface area contributed by atoms with Crippen molar-refractivity contribution in [3.05, 3.63) is 96.6 Å². The number of furan rings is 1. The van der Waals surface area contributed by atoms with E-state index in [-0.39, 0.29) is 5.75 Å². The van der Waals surface area contributed by atoms with E-state index in [9.17, 15) is 14.7 Å². The zero-order chi connectivity index (χ0) is 28.3. The highest BCUT2D eigenvalue weighted by Crippen LogP contribution is 2.40. The monoisotopic (exact) mass is 552 g/mol. The molecule has 4 aromatic carbocycles. The van der Waals surface area contributed by atoms with Gasteiger partial charge in [-0.05, 0) is 55.2 Å². The van der Waals surface area contributed by atoms with E-state index >= 15 is 0 Å². The Kier molecular flexibility index (Phi) is 7.85. The number of carboxylic acids is 1. The largest absolute Gasteiger partial charge is 0.480 e. The third kappa shape index (κ3) is 6.15. The number of amides is 2. The number of carboxylic acid groups (broad SMARTS) is 1. The number of nitrogens with one attached hydrogen (secondary N) is 2. The van der Waals surface area contributed by atoms with Gasteiger partial charge in [-0.15, -0.1) is 0 Å². The van der Waals surface area contributed by atoms with Crippen molar-refractivity contribution in [3.8, 4) is 22.3 Å². The van der Waals surface area contributed by atoms with Crippen molar-refractivity contribution in [2.24, 2.45) is 0 Å². The van der Waals surface area contributed by atoms with Gasteiger partial charge in [0.1, 0.15) is 17.2 Å². The van der Waals surface area contributed by atoms with Crippen LogP contribution in [0, 0.1) is 0 Å². The Labute approximate surface area is 237 Å². The van der Waals surface area contributed by atoms with Gasteiger partial charge in [0.05, 0.1) is 0 Å². The van der Waals surface area contributed by atoms with Crippen LogP contribution in [0.2, 0.25) is 0 Å². The van der Waals surface area contributed by atoms with E-state index < -0.39 is 23.6 Å². The molecule has 0 aliphatic heterocycles. The van der Waals surface area contributed by atoms with E-state index in [4.69, 9.17) is 4.42 Å². The molecular formula is C33H32N2O4S. The summed E-state index contributed by atoms with van der Waals surface area (Å²) in [5.74, 6) is -0.236. The first-order chi connectivity index (χ1) is 19.2. The van der Waals surface area contributed by atoms with Crippen LogP contribution in [0.15, 0.2) is 95.4 Å². The lowest BCUT2D eigenvalue weighted by Crippen LogP contribution is -2.52. The molecule has 6 nitrogen and oxygen atoms in total. The van der Waals surface area contributed by atoms with Crippen molar-refractivity contribution >= 4 is 45.7 Å². The van der Waals surface area contributed by atoms with E-state index in [2.05, 4.69) is 65.2 Å². The van der Waals surface area contributed by atoms with E-state index in [1.807, 2.05) is 57.2 Å². The van der Waals surface area contributed by atoms with E-state index in [0.29, 0.717) is 5.75 Å². The zero-order valence-corrected chi connectivity index (χ0v) is 23.5. The standard InChI is InChI=1S/C33H32N2O4S/c1-33(2,3)35-32(38)34-28(31(36)37)20-40-19-21-16-17-23(22-10-5-4-6-11-22)27(18-21)26-14-9-13-25-24-12-7-8-15-29(24)39-30(25)26/h4-18,28H,19-20H2,1-3H3,(H,36,37)(H2,34,35,38)/t28-/m0/s1. The number of carbonyl (C=O) groups is 2. The van der Waals surface area contributed by atoms with Gasteiger partial charge >= 0.3 is 12.0 Å². The third-order valence-corrected chi connectivity index (χ3v) is 7.61. The van der Waals surface area contributed by atoms with Crippen molar-refractivity contribution < 1.29 is 19.1 Å². The highest BCUT2D eigenvalue weighted by Gasteiger charge is 2.23. The summed E-state index contributed by atoms with van der Waals surface area (Å²) in [6.07, 6.45) is 0. The normalized spacial score (nSPS) is 12.4. The molecular weight excluding hydrogens is 520 g/mol. The maximum atomic E-state index is 12.2. The molecule has 0 bridgehead atoms. The molecule has 1 aromatic heterocycles. The topological polar surface area (TPSA) is 91.6 Å². The van der Waals surface area contributed by atoms with Gasteiger partial charge in [-0.1, -0.05) is 78.9 Å². The van der Waals surface area contributed by atoms with Crippen LogP contribution in [-0.2, 0) is 10.5 Å².